The Labute approximate surface area is 69.5 Å². The fourth-order valence-corrected chi connectivity index (χ4v) is 0.582. The van der Waals surface area contributed by atoms with Gasteiger partial charge >= 0.3 is 0 Å². The first kappa shape index (κ1) is 10.2. The third-order valence-electron chi connectivity index (χ3n) is 1.09. The van der Waals surface area contributed by atoms with E-state index in [1.54, 1.807) is 0 Å². The van der Waals surface area contributed by atoms with Crippen LogP contribution < -0.4 is 10.2 Å². The number of rotatable bonds is 4. The Morgan fingerprint density at radius 3 is 2.33 bits per heavy atom. The molecule has 0 amide bonds. The molecule has 0 heterocycles. The van der Waals surface area contributed by atoms with Crippen LogP contribution in [0.15, 0.2) is 11.6 Å². The first-order valence-corrected chi connectivity index (χ1v) is 3.14. The van der Waals surface area contributed by atoms with Crippen molar-refractivity contribution < 1.29 is 19.8 Å². The van der Waals surface area contributed by atoms with Crippen LogP contribution in [0.4, 0.5) is 0 Å². The number of aliphatic carboxylic acids is 2. The van der Waals surface area contributed by atoms with Crippen molar-refractivity contribution in [3.8, 4) is 12.3 Å². The van der Waals surface area contributed by atoms with E-state index in [1.807, 2.05) is 0 Å². The summed E-state index contributed by atoms with van der Waals surface area (Å²) in [5.74, 6) is -0.916. The van der Waals surface area contributed by atoms with Crippen molar-refractivity contribution in [3.05, 3.63) is 11.6 Å². The summed E-state index contributed by atoms with van der Waals surface area (Å²) in [7, 11) is 0. The van der Waals surface area contributed by atoms with Gasteiger partial charge in [-0.2, -0.15) is 0 Å². The fraction of sp³-hybridized carbons (Fsp3) is 0.250. The van der Waals surface area contributed by atoms with Crippen molar-refractivity contribution in [3.63, 3.8) is 0 Å². The second-order valence-electron chi connectivity index (χ2n) is 1.98. The summed E-state index contributed by atoms with van der Waals surface area (Å²) in [6, 6.07) is 0. The first-order chi connectivity index (χ1) is 5.57. The van der Waals surface area contributed by atoms with E-state index in [0.717, 1.165) is 0 Å². The number of carbonyl (C=O) groups is 2. The van der Waals surface area contributed by atoms with Gasteiger partial charge in [-0.1, -0.05) is 0 Å². The Hall–Kier alpha value is -1.76. The quantitative estimate of drug-likeness (QED) is 0.351. The Bertz CT molecular complexity index is 257. The minimum absolute atomic E-state index is 0.0210. The molecule has 12 heavy (non-hydrogen) atoms. The van der Waals surface area contributed by atoms with Gasteiger partial charge in [0, 0.05) is 6.42 Å². The molecule has 0 rings (SSSR count). The number of carboxylic acids is 2. The number of hydrogen-bond acceptors (Lipinski definition) is 4. The second kappa shape index (κ2) is 4.97. The average molecular weight is 166 g/mol. The Kier molecular flexibility index (Phi) is 4.24. The zero-order valence-corrected chi connectivity index (χ0v) is 6.20. The Balaban J connectivity index is 4.36. The van der Waals surface area contributed by atoms with Crippen molar-refractivity contribution in [1.29, 1.82) is 0 Å². The highest BCUT2D eigenvalue weighted by molar-refractivity contribution is 5.92. The summed E-state index contributed by atoms with van der Waals surface area (Å²) in [5, 5.41) is 20.1. The normalized spacial score (nSPS) is 10.4. The van der Waals surface area contributed by atoms with Gasteiger partial charge in [-0.15, -0.1) is 12.3 Å². The minimum atomic E-state index is -1.56. The largest absolute Gasteiger partial charge is 0.545 e. The molecule has 0 aliphatic rings. The molecular formula is C8H6O4-2. The highest BCUT2D eigenvalue weighted by atomic mass is 16.4. The molecule has 0 saturated heterocycles. The van der Waals surface area contributed by atoms with Crippen molar-refractivity contribution in [1.82, 2.24) is 0 Å². The van der Waals surface area contributed by atoms with Gasteiger partial charge < -0.3 is 19.8 Å². The van der Waals surface area contributed by atoms with Crippen LogP contribution in [-0.4, -0.2) is 11.9 Å². The predicted molar refractivity (Wildman–Crippen MR) is 36.2 cm³/mol. The lowest BCUT2D eigenvalue weighted by atomic mass is 10.1. The molecule has 4 nitrogen and oxygen atoms in total. The molecule has 0 saturated carbocycles. The molecule has 0 bridgehead atoms. The van der Waals surface area contributed by atoms with Crippen LogP contribution in [0.1, 0.15) is 12.8 Å². The zero-order chi connectivity index (χ0) is 9.56. The number of carbonyl (C=O) groups excluding carboxylic acids is 2. The Morgan fingerprint density at radius 1 is 1.42 bits per heavy atom. The summed E-state index contributed by atoms with van der Waals surface area (Å²) in [6.45, 7) is 0. The van der Waals surface area contributed by atoms with E-state index in [0.29, 0.717) is 6.08 Å². The van der Waals surface area contributed by atoms with Crippen LogP contribution in [0.5, 0.6) is 0 Å². The molecule has 0 aliphatic carbocycles. The van der Waals surface area contributed by atoms with Gasteiger partial charge in [0.25, 0.3) is 0 Å². The standard InChI is InChI=1S/C8H8O4/c1-2-3-4-6(8(11)12)5-7(9)10/h1,5H,3-4H2,(H,9,10)(H,11,12)/p-2/b6-5-. The van der Waals surface area contributed by atoms with Gasteiger partial charge in [0.2, 0.25) is 0 Å². The average Bonchev–Trinajstić information content (AvgIpc) is 1.96. The zero-order valence-electron chi connectivity index (χ0n) is 6.20. The number of terminal acetylenes is 1. The second-order valence-corrected chi connectivity index (χ2v) is 1.98. The van der Waals surface area contributed by atoms with Crippen LogP contribution in [0.3, 0.4) is 0 Å². The fourth-order valence-electron chi connectivity index (χ4n) is 0.582. The van der Waals surface area contributed by atoms with Crippen LogP contribution >= 0.6 is 0 Å². The number of hydrogen-bond donors (Lipinski definition) is 0. The summed E-state index contributed by atoms with van der Waals surface area (Å²) in [4.78, 5) is 20.1. The molecule has 0 aromatic carbocycles. The van der Waals surface area contributed by atoms with Crippen LogP contribution in [-0.2, 0) is 9.59 Å². The molecule has 0 fully saturated rings. The molecule has 0 unspecified atom stereocenters. The van der Waals surface area contributed by atoms with Crippen LogP contribution in [0.25, 0.3) is 0 Å². The SMILES string of the molecule is C#CCC/C(=C/C(=O)[O-])C(=O)[O-]. The summed E-state index contributed by atoms with van der Waals surface area (Å²) in [5.41, 5.74) is -0.354. The molecular weight excluding hydrogens is 160 g/mol. The molecule has 0 spiro atoms. The maximum absolute atomic E-state index is 10.2. The Morgan fingerprint density at radius 2 is 2.00 bits per heavy atom. The van der Waals surface area contributed by atoms with Crippen molar-refractivity contribution in [2.45, 2.75) is 12.8 Å². The highest BCUT2D eigenvalue weighted by Gasteiger charge is 1.96. The lowest BCUT2D eigenvalue weighted by Gasteiger charge is -2.06. The lowest BCUT2D eigenvalue weighted by Crippen LogP contribution is -2.27. The van der Waals surface area contributed by atoms with E-state index in [9.17, 15) is 19.8 Å². The third kappa shape index (κ3) is 4.12. The van der Waals surface area contributed by atoms with Gasteiger partial charge in [0.05, 0.1) is 11.9 Å². The highest BCUT2D eigenvalue weighted by Crippen LogP contribution is 2.02. The van der Waals surface area contributed by atoms with Gasteiger partial charge in [-0.3, -0.25) is 0 Å². The molecule has 0 aliphatic heterocycles. The van der Waals surface area contributed by atoms with Crippen LogP contribution in [0, 0.1) is 12.3 Å². The lowest BCUT2D eigenvalue weighted by molar-refractivity contribution is -0.303. The molecule has 4 heteroatoms. The van der Waals surface area contributed by atoms with E-state index in [1.165, 1.54) is 0 Å². The third-order valence-corrected chi connectivity index (χ3v) is 1.09. The van der Waals surface area contributed by atoms with Crippen molar-refractivity contribution >= 4 is 11.9 Å². The van der Waals surface area contributed by atoms with Gasteiger partial charge in [-0.25, -0.2) is 0 Å². The topological polar surface area (TPSA) is 80.3 Å². The smallest absolute Gasteiger partial charge is 0.0675 e. The van der Waals surface area contributed by atoms with Gasteiger partial charge in [0.15, 0.2) is 0 Å². The first-order valence-electron chi connectivity index (χ1n) is 3.14. The van der Waals surface area contributed by atoms with E-state index in [-0.39, 0.29) is 18.4 Å². The van der Waals surface area contributed by atoms with Crippen molar-refractivity contribution in [2.75, 3.05) is 0 Å². The molecule has 0 aromatic rings. The predicted octanol–water partition coefficient (Wildman–Crippen LogP) is -2.17. The van der Waals surface area contributed by atoms with Gasteiger partial charge in [0.1, 0.15) is 0 Å². The molecule has 64 valence electrons. The van der Waals surface area contributed by atoms with Crippen LogP contribution in [0.2, 0.25) is 0 Å². The minimum Gasteiger partial charge on any atom is -0.545 e. The maximum atomic E-state index is 10.2. The molecule has 0 aromatic heterocycles. The summed E-state index contributed by atoms with van der Waals surface area (Å²) >= 11 is 0. The van der Waals surface area contributed by atoms with E-state index >= 15 is 0 Å². The molecule has 0 N–H and O–H groups in total. The molecule has 0 atom stereocenters. The van der Waals surface area contributed by atoms with Gasteiger partial charge in [-0.05, 0) is 18.1 Å². The number of carboxylic acid groups (broad SMARTS) is 2. The molecule has 0 radical (unpaired) electrons. The van der Waals surface area contributed by atoms with E-state index in [4.69, 9.17) is 6.42 Å². The summed E-state index contributed by atoms with van der Waals surface area (Å²) in [6.07, 6.45) is 5.47. The summed E-state index contributed by atoms with van der Waals surface area (Å²) < 4.78 is 0. The monoisotopic (exact) mass is 166 g/mol. The maximum Gasteiger partial charge on any atom is 0.0675 e. The van der Waals surface area contributed by atoms with Crippen molar-refractivity contribution in [2.24, 2.45) is 0 Å². The van der Waals surface area contributed by atoms with E-state index < -0.39 is 11.9 Å². The van der Waals surface area contributed by atoms with E-state index in [2.05, 4.69) is 5.92 Å².